The first-order valence-electron chi connectivity index (χ1n) is 11.7. The smallest absolute Gasteiger partial charge is 0.282 e. The van der Waals surface area contributed by atoms with E-state index < -0.39 is 0 Å². The fourth-order valence-corrected chi connectivity index (χ4v) is 4.41. The Hall–Kier alpha value is -3.86. The first-order chi connectivity index (χ1) is 16.4. The molecule has 174 valence electrons. The molecular formula is C29H30N2O3. The quantitative estimate of drug-likeness (QED) is 0.421. The predicted octanol–water partition coefficient (Wildman–Crippen LogP) is 5.51. The predicted molar refractivity (Wildman–Crippen MR) is 135 cm³/mol. The molecule has 0 saturated heterocycles. The summed E-state index contributed by atoms with van der Waals surface area (Å²) >= 11 is 0. The second kappa shape index (κ2) is 9.96. The number of anilines is 1. The van der Waals surface area contributed by atoms with E-state index in [1.54, 1.807) is 18.2 Å². The maximum absolute atomic E-state index is 13.9. The van der Waals surface area contributed by atoms with Crippen molar-refractivity contribution in [3.8, 4) is 5.75 Å². The number of carbonyl (C=O) groups excluding carboxylic acids is 2. The second-order valence-electron chi connectivity index (χ2n) is 8.42. The van der Waals surface area contributed by atoms with Crippen molar-refractivity contribution >= 4 is 23.1 Å². The van der Waals surface area contributed by atoms with Gasteiger partial charge in [0.1, 0.15) is 11.4 Å². The fraction of sp³-hybridized carbons (Fsp3) is 0.241. The summed E-state index contributed by atoms with van der Waals surface area (Å²) in [6, 6.07) is 23.1. The molecule has 1 aliphatic rings. The van der Waals surface area contributed by atoms with Crippen LogP contribution in [0.2, 0.25) is 0 Å². The molecule has 1 heterocycles. The van der Waals surface area contributed by atoms with Crippen LogP contribution in [0.15, 0.2) is 78.5 Å². The highest BCUT2D eigenvalue weighted by Gasteiger charge is 2.42. The molecule has 0 saturated carbocycles. The molecule has 0 atom stereocenters. The Bertz CT molecular complexity index is 1250. The standard InChI is InChI=1S/C29H30N2O3/c1-5-30(19-22-11-8-7-9-12-22)27-26(25-16-15-20(3)17-21(25)4)28(32)31(29(27)33)23-13-10-14-24(18-23)34-6-2/h7-18H,5-6,19H2,1-4H3. The van der Waals surface area contributed by atoms with Gasteiger partial charge in [-0.1, -0.05) is 60.2 Å². The second-order valence-corrected chi connectivity index (χ2v) is 8.42. The van der Waals surface area contributed by atoms with Crippen molar-refractivity contribution in [2.24, 2.45) is 0 Å². The summed E-state index contributed by atoms with van der Waals surface area (Å²) in [5.74, 6) is -0.00253. The van der Waals surface area contributed by atoms with Gasteiger partial charge in [-0.15, -0.1) is 0 Å². The lowest BCUT2D eigenvalue weighted by Gasteiger charge is -2.25. The van der Waals surface area contributed by atoms with Crippen molar-refractivity contribution in [3.05, 3.63) is 101 Å². The summed E-state index contributed by atoms with van der Waals surface area (Å²) in [7, 11) is 0. The van der Waals surface area contributed by atoms with Crippen molar-refractivity contribution in [2.75, 3.05) is 18.1 Å². The summed E-state index contributed by atoms with van der Waals surface area (Å²) in [5.41, 5.74) is 5.33. The van der Waals surface area contributed by atoms with E-state index in [4.69, 9.17) is 4.74 Å². The SMILES string of the molecule is CCOc1cccc(N2C(=O)C(c3ccc(C)cc3C)=C(N(CC)Cc3ccccc3)C2=O)c1. The number of aryl methyl sites for hydroxylation is 2. The Labute approximate surface area is 201 Å². The van der Waals surface area contributed by atoms with Gasteiger partial charge in [0, 0.05) is 19.2 Å². The molecule has 5 heteroatoms. The molecule has 0 radical (unpaired) electrons. The normalized spacial score (nSPS) is 13.6. The summed E-state index contributed by atoms with van der Waals surface area (Å²) in [6.45, 7) is 9.54. The van der Waals surface area contributed by atoms with Crippen molar-refractivity contribution < 1.29 is 14.3 Å². The van der Waals surface area contributed by atoms with Gasteiger partial charge in [0.2, 0.25) is 0 Å². The van der Waals surface area contributed by atoms with Crippen LogP contribution in [0.5, 0.6) is 5.75 Å². The van der Waals surface area contributed by atoms with E-state index in [9.17, 15) is 9.59 Å². The summed E-state index contributed by atoms with van der Waals surface area (Å²) in [4.78, 5) is 31.1. The van der Waals surface area contributed by atoms with Gasteiger partial charge < -0.3 is 9.64 Å². The van der Waals surface area contributed by atoms with Gasteiger partial charge >= 0.3 is 0 Å². The van der Waals surface area contributed by atoms with Gasteiger partial charge in [-0.05, 0) is 56.5 Å². The number of benzene rings is 3. The number of hydrogen-bond donors (Lipinski definition) is 0. The molecule has 0 unspecified atom stereocenters. The lowest BCUT2D eigenvalue weighted by molar-refractivity contribution is -0.120. The highest BCUT2D eigenvalue weighted by molar-refractivity contribution is 6.45. The first kappa shape index (κ1) is 23.3. The Morgan fingerprint density at radius 1 is 0.853 bits per heavy atom. The maximum Gasteiger partial charge on any atom is 0.282 e. The monoisotopic (exact) mass is 454 g/mol. The molecule has 0 aliphatic carbocycles. The average Bonchev–Trinajstić information content (AvgIpc) is 3.08. The van der Waals surface area contributed by atoms with Crippen LogP contribution >= 0.6 is 0 Å². The van der Waals surface area contributed by atoms with Crippen LogP contribution in [0, 0.1) is 13.8 Å². The molecule has 0 N–H and O–H groups in total. The minimum Gasteiger partial charge on any atom is -0.494 e. The highest BCUT2D eigenvalue weighted by Crippen LogP contribution is 2.37. The number of ether oxygens (including phenoxy) is 1. The van der Waals surface area contributed by atoms with Crippen LogP contribution < -0.4 is 9.64 Å². The molecule has 3 aromatic carbocycles. The van der Waals surface area contributed by atoms with E-state index in [0.717, 1.165) is 22.3 Å². The van der Waals surface area contributed by atoms with Gasteiger partial charge in [-0.2, -0.15) is 0 Å². The topological polar surface area (TPSA) is 49.9 Å². The Kier molecular flexibility index (Phi) is 6.82. The number of amides is 2. The zero-order valence-electron chi connectivity index (χ0n) is 20.2. The molecule has 34 heavy (non-hydrogen) atoms. The summed E-state index contributed by atoms with van der Waals surface area (Å²) < 4.78 is 5.62. The largest absolute Gasteiger partial charge is 0.494 e. The maximum atomic E-state index is 13.9. The van der Waals surface area contributed by atoms with E-state index >= 15 is 0 Å². The Morgan fingerprint density at radius 3 is 2.29 bits per heavy atom. The minimum atomic E-state index is -0.314. The van der Waals surface area contributed by atoms with E-state index in [2.05, 4.69) is 0 Å². The van der Waals surface area contributed by atoms with Gasteiger partial charge in [0.25, 0.3) is 11.8 Å². The van der Waals surface area contributed by atoms with Crippen LogP contribution in [0.25, 0.3) is 5.57 Å². The number of imide groups is 1. The number of nitrogens with zero attached hydrogens (tertiary/aromatic N) is 2. The molecule has 1 aliphatic heterocycles. The minimum absolute atomic E-state index is 0.313. The van der Waals surface area contributed by atoms with Crippen molar-refractivity contribution in [1.82, 2.24) is 4.90 Å². The molecule has 0 aromatic heterocycles. The van der Waals surface area contributed by atoms with E-state index in [1.807, 2.05) is 87.2 Å². The lowest BCUT2D eigenvalue weighted by Crippen LogP contribution is -2.35. The number of hydrogen-bond acceptors (Lipinski definition) is 4. The molecule has 0 spiro atoms. The summed E-state index contributed by atoms with van der Waals surface area (Å²) in [6.07, 6.45) is 0. The third-order valence-electron chi connectivity index (χ3n) is 6.01. The van der Waals surface area contributed by atoms with Crippen LogP contribution in [0.3, 0.4) is 0 Å². The van der Waals surface area contributed by atoms with Gasteiger partial charge in [0.05, 0.1) is 17.9 Å². The molecule has 3 aromatic rings. The third-order valence-corrected chi connectivity index (χ3v) is 6.01. The molecule has 0 fully saturated rings. The fourth-order valence-electron chi connectivity index (χ4n) is 4.41. The number of rotatable bonds is 8. The highest BCUT2D eigenvalue weighted by atomic mass is 16.5. The van der Waals surface area contributed by atoms with Gasteiger partial charge in [-0.3, -0.25) is 9.59 Å². The zero-order valence-corrected chi connectivity index (χ0v) is 20.2. The Morgan fingerprint density at radius 2 is 1.62 bits per heavy atom. The van der Waals surface area contributed by atoms with Crippen molar-refractivity contribution in [1.29, 1.82) is 0 Å². The number of likely N-dealkylation sites (N-methyl/N-ethyl adjacent to an activating group) is 1. The zero-order chi connectivity index (χ0) is 24.2. The van der Waals surface area contributed by atoms with Crippen LogP contribution in [0.1, 0.15) is 36.1 Å². The third kappa shape index (κ3) is 4.46. The molecule has 2 amide bonds. The van der Waals surface area contributed by atoms with Gasteiger partial charge in [0.15, 0.2) is 0 Å². The molecule has 0 bridgehead atoms. The van der Waals surface area contributed by atoms with Crippen LogP contribution in [-0.4, -0.2) is 29.9 Å². The molecule has 5 nitrogen and oxygen atoms in total. The van der Waals surface area contributed by atoms with E-state index in [-0.39, 0.29) is 11.8 Å². The molecular weight excluding hydrogens is 424 g/mol. The first-order valence-corrected chi connectivity index (χ1v) is 11.7. The van der Waals surface area contributed by atoms with Crippen LogP contribution in [0.4, 0.5) is 5.69 Å². The van der Waals surface area contributed by atoms with Gasteiger partial charge in [-0.25, -0.2) is 4.90 Å². The van der Waals surface area contributed by atoms with E-state index in [0.29, 0.717) is 42.4 Å². The summed E-state index contributed by atoms with van der Waals surface area (Å²) in [5, 5.41) is 0. The number of carbonyl (C=O) groups is 2. The van der Waals surface area contributed by atoms with Crippen molar-refractivity contribution in [3.63, 3.8) is 0 Å². The van der Waals surface area contributed by atoms with Crippen LogP contribution in [-0.2, 0) is 16.1 Å². The Balaban J connectivity index is 1.85. The molecule has 4 rings (SSSR count). The van der Waals surface area contributed by atoms with Crippen molar-refractivity contribution in [2.45, 2.75) is 34.2 Å². The average molecular weight is 455 g/mol. The van der Waals surface area contributed by atoms with E-state index in [1.165, 1.54) is 4.90 Å². The lowest BCUT2D eigenvalue weighted by atomic mass is 9.97.